The highest BCUT2D eigenvalue weighted by Gasteiger charge is 2.18. The summed E-state index contributed by atoms with van der Waals surface area (Å²) in [6.07, 6.45) is 0.312. The van der Waals surface area contributed by atoms with E-state index in [1.165, 1.54) is 6.07 Å². The summed E-state index contributed by atoms with van der Waals surface area (Å²) in [6.45, 7) is 2.78. The predicted octanol–water partition coefficient (Wildman–Crippen LogP) is 1.01. The second-order valence-corrected chi connectivity index (χ2v) is 4.97. The lowest BCUT2D eigenvalue weighted by Gasteiger charge is -2.27. The number of benzene rings is 1. The molecule has 1 aromatic carbocycles. The number of nitrogen functional groups attached to an aromatic ring is 1. The van der Waals surface area contributed by atoms with E-state index in [0.717, 1.165) is 0 Å². The summed E-state index contributed by atoms with van der Waals surface area (Å²) >= 11 is 0. The minimum absolute atomic E-state index is 0.0518. The molecule has 21 heavy (non-hydrogen) atoms. The van der Waals surface area contributed by atoms with Crippen molar-refractivity contribution in [2.45, 2.75) is 13.0 Å². The molecule has 2 N–H and O–H groups in total. The number of imidazole rings is 1. The average Bonchev–Trinajstić information content (AvgIpc) is 2.83. The summed E-state index contributed by atoms with van der Waals surface area (Å²) in [5.74, 6) is -0.127. The second-order valence-electron chi connectivity index (χ2n) is 4.97. The Morgan fingerprint density at radius 2 is 2.14 bits per heavy atom. The molecule has 1 aliphatic heterocycles. The molecule has 0 unspecified atom stereocenters. The van der Waals surface area contributed by atoms with E-state index < -0.39 is 5.82 Å². The lowest BCUT2D eigenvalue weighted by Crippen LogP contribution is -2.41. The molecule has 7 heteroatoms. The zero-order chi connectivity index (χ0) is 14.8. The van der Waals surface area contributed by atoms with E-state index in [1.807, 2.05) is 0 Å². The molecule has 0 radical (unpaired) electrons. The molecule has 1 saturated heterocycles. The zero-order valence-corrected chi connectivity index (χ0v) is 11.6. The molecule has 2 heterocycles. The molecule has 1 amide bonds. The average molecular weight is 292 g/mol. The van der Waals surface area contributed by atoms with E-state index in [4.69, 9.17) is 10.5 Å². The molecular formula is C14H17FN4O2. The third-order valence-corrected chi connectivity index (χ3v) is 3.67. The first kappa shape index (κ1) is 13.8. The molecule has 2 aromatic rings. The van der Waals surface area contributed by atoms with Gasteiger partial charge in [0.2, 0.25) is 11.9 Å². The number of aryl methyl sites for hydroxylation is 1. The monoisotopic (exact) mass is 292 g/mol. The number of anilines is 1. The number of nitrogens with zero attached hydrogens (tertiary/aromatic N) is 3. The summed E-state index contributed by atoms with van der Waals surface area (Å²) in [6, 6.07) is 4.71. The summed E-state index contributed by atoms with van der Waals surface area (Å²) in [5.41, 5.74) is 6.68. The van der Waals surface area contributed by atoms with Crippen molar-refractivity contribution in [3.8, 4) is 0 Å². The van der Waals surface area contributed by atoms with E-state index >= 15 is 0 Å². The fourth-order valence-electron chi connectivity index (χ4n) is 2.54. The minimum atomic E-state index is -0.405. The van der Waals surface area contributed by atoms with Crippen LogP contribution in [0.25, 0.3) is 11.0 Å². The fraction of sp³-hybridized carbons (Fsp3) is 0.429. The number of rotatable bonds is 3. The van der Waals surface area contributed by atoms with Crippen molar-refractivity contribution >= 4 is 22.9 Å². The SMILES string of the molecule is Nc1nc2c(F)cccc2n1CCC(=O)N1CCOCC1. The first-order chi connectivity index (χ1) is 10.2. The highest BCUT2D eigenvalue weighted by Crippen LogP contribution is 2.20. The number of halogens is 1. The molecule has 0 bridgehead atoms. The van der Waals surface area contributed by atoms with Crippen LogP contribution in [0.4, 0.5) is 10.3 Å². The number of aromatic nitrogens is 2. The molecule has 0 spiro atoms. The highest BCUT2D eigenvalue weighted by atomic mass is 19.1. The van der Waals surface area contributed by atoms with Gasteiger partial charge in [-0.05, 0) is 12.1 Å². The number of ether oxygens (including phenoxy) is 1. The Morgan fingerprint density at radius 3 is 2.90 bits per heavy atom. The van der Waals surface area contributed by atoms with Gasteiger partial charge in [-0.1, -0.05) is 6.07 Å². The van der Waals surface area contributed by atoms with Crippen LogP contribution in [-0.4, -0.2) is 46.7 Å². The van der Waals surface area contributed by atoms with Crippen molar-refractivity contribution in [1.82, 2.24) is 14.5 Å². The minimum Gasteiger partial charge on any atom is -0.378 e. The topological polar surface area (TPSA) is 73.4 Å². The van der Waals surface area contributed by atoms with Crippen LogP contribution in [0.15, 0.2) is 18.2 Å². The number of fused-ring (bicyclic) bond motifs is 1. The maximum absolute atomic E-state index is 13.6. The van der Waals surface area contributed by atoms with Crippen LogP contribution in [0, 0.1) is 5.82 Å². The van der Waals surface area contributed by atoms with Gasteiger partial charge >= 0.3 is 0 Å². The number of nitrogens with two attached hydrogens (primary N) is 1. The molecule has 1 aliphatic rings. The van der Waals surface area contributed by atoms with Gasteiger partial charge in [-0.2, -0.15) is 0 Å². The Bertz CT molecular complexity index is 664. The summed E-state index contributed by atoms with van der Waals surface area (Å²) in [4.78, 5) is 17.9. The largest absolute Gasteiger partial charge is 0.378 e. The van der Waals surface area contributed by atoms with Crippen molar-refractivity contribution in [2.24, 2.45) is 0 Å². The molecular weight excluding hydrogens is 275 g/mol. The van der Waals surface area contributed by atoms with Gasteiger partial charge < -0.3 is 19.9 Å². The second kappa shape index (κ2) is 5.69. The van der Waals surface area contributed by atoms with Crippen molar-refractivity contribution in [3.63, 3.8) is 0 Å². The standard InChI is InChI=1S/C14H17FN4O2/c15-10-2-1-3-11-13(10)17-14(16)19(11)5-4-12(20)18-6-8-21-9-7-18/h1-3H,4-9H2,(H2,16,17). The van der Waals surface area contributed by atoms with Crippen LogP contribution >= 0.6 is 0 Å². The third kappa shape index (κ3) is 2.69. The molecule has 112 valence electrons. The maximum atomic E-state index is 13.6. The fourth-order valence-corrected chi connectivity index (χ4v) is 2.54. The Labute approximate surface area is 121 Å². The smallest absolute Gasteiger partial charge is 0.224 e. The predicted molar refractivity (Wildman–Crippen MR) is 76.1 cm³/mol. The molecule has 3 rings (SSSR count). The van der Waals surface area contributed by atoms with Crippen LogP contribution in [0.1, 0.15) is 6.42 Å². The normalized spacial score (nSPS) is 15.6. The quantitative estimate of drug-likeness (QED) is 0.916. The molecule has 1 aromatic heterocycles. The van der Waals surface area contributed by atoms with Gasteiger partial charge in [0.1, 0.15) is 5.52 Å². The molecule has 0 saturated carbocycles. The number of carbonyl (C=O) groups excluding carboxylic acids is 1. The Balaban J connectivity index is 1.74. The molecule has 0 aliphatic carbocycles. The number of morpholine rings is 1. The Morgan fingerprint density at radius 1 is 1.38 bits per heavy atom. The van der Waals surface area contributed by atoms with Gasteiger partial charge in [0.15, 0.2) is 5.82 Å². The van der Waals surface area contributed by atoms with Gasteiger partial charge in [0, 0.05) is 26.1 Å². The van der Waals surface area contributed by atoms with Crippen molar-refractivity contribution < 1.29 is 13.9 Å². The maximum Gasteiger partial charge on any atom is 0.224 e. The molecule has 0 atom stereocenters. The van der Waals surface area contributed by atoms with Crippen molar-refractivity contribution in [2.75, 3.05) is 32.0 Å². The van der Waals surface area contributed by atoms with Gasteiger partial charge in [-0.3, -0.25) is 4.79 Å². The van der Waals surface area contributed by atoms with E-state index in [-0.39, 0.29) is 17.4 Å². The van der Waals surface area contributed by atoms with E-state index in [2.05, 4.69) is 4.98 Å². The number of amides is 1. The van der Waals surface area contributed by atoms with Gasteiger partial charge in [0.25, 0.3) is 0 Å². The zero-order valence-electron chi connectivity index (χ0n) is 11.6. The number of carbonyl (C=O) groups is 1. The van der Waals surface area contributed by atoms with Crippen LogP contribution in [-0.2, 0) is 16.1 Å². The lowest BCUT2D eigenvalue weighted by molar-refractivity contribution is -0.135. The van der Waals surface area contributed by atoms with Crippen LogP contribution in [0.5, 0.6) is 0 Å². The van der Waals surface area contributed by atoms with Crippen molar-refractivity contribution in [1.29, 1.82) is 0 Å². The van der Waals surface area contributed by atoms with Crippen LogP contribution < -0.4 is 5.73 Å². The van der Waals surface area contributed by atoms with Gasteiger partial charge in [0.05, 0.1) is 18.7 Å². The van der Waals surface area contributed by atoms with Crippen LogP contribution in [0.3, 0.4) is 0 Å². The lowest BCUT2D eigenvalue weighted by atomic mass is 10.3. The highest BCUT2D eigenvalue weighted by molar-refractivity contribution is 5.80. The van der Waals surface area contributed by atoms with E-state index in [1.54, 1.807) is 21.6 Å². The Kier molecular flexibility index (Phi) is 3.74. The summed E-state index contributed by atoms with van der Waals surface area (Å²) < 4.78 is 20.5. The van der Waals surface area contributed by atoms with E-state index in [9.17, 15) is 9.18 Å². The first-order valence-corrected chi connectivity index (χ1v) is 6.92. The first-order valence-electron chi connectivity index (χ1n) is 6.92. The van der Waals surface area contributed by atoms with Crippen LogP contribution in [0.2, 0.25) is 0 Å². The molecule has 6 nitrogen and oxygen atoms in total. The number of hydrogen-bond donors (Lipinski definition) is 1. The van der Waals surface area contributed by atoms with Gasteiger partial charge in [-0.15, -0.1) is 0 Å². The van der Waals surface area contributed by atoms with E-state index in [0.29, 0.717) is 44.8 Å². The third-order valence-electron chi connectivity index (χ3n) is 3.67. The Hall–Kier alpha value is -2.15. The van der Waals surface area contributed by atoms with Crippen molar-refractivity contribution in [3.05, 3.63) is 24.0 Å². The number of hydrogen-bond acceptors (Lipinski definition) is 4. The summed E-state index contributed by atoms with van der Waals surface area (Å²) in [7, 11) is 0. The van der Waals surface area contributed by atoms with Gasteiger partial charge in [-0.25, -0.2) is 9.37 Å². The summed E-state index contributed by atoms with van der Waals surface area (Å²) in [5, 5.41) is 0. The molecule has 1 fully saturated rings. The number of para-hydroxylation sites is 1.